The molecular weight excluding hydrogens is 571 g/mol. The first-order valence-electron chi connectivity index (χ1n) is 13.9. The molecule has 0 radical (unpaired) electrons. The van der Waals surface area contributed by atoms with Gasteiger partial charge in [0, 0.05) is 34.9 Å². The first-order valence-corrected chi connectivity index (χ1v) is 13.9. The second kappa shape index (κ2) is 11.8. The summed E-state index contributed by atoms with van der Waals surface area (Å²) in [6.07, 6.45) is -4.65. The molecule has 1 aliphatic heterocycles. The molecule has 3 aromatic carbocycles. The number of likely N-dealkylation sites (N-methyl/N-ethyl adjacent to an activating group) is 1. The third-order valence-electron chi connectivity index (χ3n) is 7.46. The van der Waals surface area contributed by atoms with E-state index >= 15 is 0 Å². The molecule has 0 spiro atoms. The summed E-state index contributed by atoms with van der Waals surface area (Å²) < 4.78 is 42.0. The molecule has 1 aromatic heterocycles. The number of fused-ring (bicyclic) bond motifs is 1. The van der Waals surface area contributed by atoms with Crippen LogP contribution in [0.4, 0.5) is 24.7 Å². The van der Waals surface area contributed by atoms with Crippen LogP contribution in [0.3, 0.4) is 0 Å². The standard InChI is InChI=1S/C33H30F3N5O3/c1-5-40-31-26(20(4)39-41(31)25-15-7-6-8-16-25)27(21-11-10-14-24(18-21)37-29(42)19(2)3)28(32(40)44)38-30(43)22-12-9-13-23(17-22)33(34,35)36/h6-18,27-28H,2,5H2,1,3-4H3,(H,37,42)(H,38,43)/t27-,28-/m0/s1. The maximum atomic E-state index is 14.2. The molecule has 0 aliphatic carbocycles. The third-order valence-corrected chi connectivity index (χ3v) is 7.46. The SMILES string of the molecule is C=C(C)C(=O)Nc1cccc([C@H]2c3c(C)nn(-c4ccccc4)c3N(CC)C(=O)[C@H]2NC(=O)c2cccc(C(F)(F)F)c2)c1. The Morgan fingerprint density at radius 1 is 1.00 bits per heavy atom. The van der Waals surface area contributed by atoms with Gasteiger partial charge in [0.05, 0.1) is 16.9 Å². The zero-order valence-corrected chi connectivity index (χ0v) is 24.3. The number of alkyl halides is 3. The molecule has 0 saturated heterocycles. The van der Waals surface area contributed by atoms with Crippen LogP contribution < -0.4 is 15.5 Å². The van der Waals surface area contributed by atoms with Gasteiger partial charge in [-0.3, -0.25) is 19.3 Å². The number of rotatable bonds is 7. The minimum Gasteiger partial charge on any atom is -0.339 e. The molecule has 2 heterocycles. The maximum absolute atomic E-state index is 14.2. The van der Waals surface area contributed by atoms with Gasteiger partial charge in [-0.05, 0) is 68.8 Å². The van der Waals surface area contributed by atoms with Crippen molar-refractivity contribution in [2.45, 2.75) is 38.9 Å². The summed E-state index contributed by atoms with van der Waals surface area (Å²) in [5.74, 6) is -1.96. The van der Waals surface area contributed by atoms with Crippen LogP contribution in [0.25, 0.3) is 5.69 Å². The third kappa shape index (κ3) is 5.72. The van der Waals surface area contributed by atoms with E-state index in [1.54, 1.807) is 49.7 Å². The van der Waals surface area contributed by atoms with Gasteiger partial charge in [-0.25, -0.2) is 4.68 Å². The molecule has 2 N–H and O–H groups in total. The number of para-hydroxylation sites is 1. The van der Waals surface area contributed by atoms with Gasteiger partial charge in [-0.2, -0.15) is 18.3 Å². The van der Waals surface area contributed by atoms with Crippen LogP contribution in [-0.4, -0.2) is 40.1 Å². The Morgan fingerprint density at radius 2 is 1.70 bits per heavy atom. The van der Waals surface area contributed by atoms with Crippen molar-refractivity contribution in [3.8, 4) is 5.69 Å². The zero-order chi connectivity index (χ0) is 31.8. The van der Waals surface area contributed by atoms with Crippen LogP contribution in [0.1, 0.15) is 52.5 Å². The lowest BCUT2D eigenvalue weighted by Gasteiger charge is -2.38. The van der Waals surface area contributed by atoms with E-state index in [9.17, 15) is 27.6 Å². The Labute approximate surface area is 252 Å². The number of amides is 3. The predicted molar refractivity (Wildman–Crippen MR) is 161 cm³/mol. The fourth-order valence-corrected chi connectivity index (χ4v) is 5.40. The number of hydrogen-bond donors (Lipinski definition) is 2. The molecule has 0 fully saturated rings. The van der Waals surface area contributed by atoms with E-state index in [1.165, 1.54) is 11.0 Å². The Hall–Kier alpha value is -5.19. The largest absolute Gasteiger partial charge is 0.416 e. The number of nitrogens with zero attached hydrogens (tertiary/aromatic N) is 3. The van der Waals surface area contributed by atoms with Crippen LogP contribution >= 0.6 is 0 Å². The molecule has 0 saturated carbocycles. The lowest BCUT2D eigenvalue weighted by Crippen LogP contribution is -2.55. The van der Waals surface area contributed by atoms with Gasteiger partial charge in [-0.1, -0.05) is 43.0 Å². The summed E-state index contributed by atoms with van der Waals surface area (Å²) in [7, 11) is 0. The van der Waals surface area contributed by atoms with E-state index in [1.807, 2.05) is 30.3 Å². The van der Waals surface area contributed by atoms with Gasteiger partial charge in [0.1, 0.15) is 11.9 Å². The summed E-state index contributed by atoms with van der Waals surface area (Å²) in [6, 6.07) is 19.0. The molecule has 11 heteroatoms. The molecule has 1 aliphatic rings. The number of halogens is 3. The summed E-state index contributed by atoms with van der Waals surface area (Å²) in [6.45, 7) is 9.07. The summed E-state index contributed by atoms with van der Waals surface area (Å²) >= 11 is 0. The molecule has 226 valence electrons. The van der Waals surface area contributed by atoms with E-state index < -0.39 is 35.5 Å². The number of benzene rings is 3. The maximum Gasteiger partial charge on any atom is 0.416 e. The van der Waals surface area contributed by atoms with E-state index in [0.717, 1.165) is 23.9 Å². The van der Waals surface area contributed by atoms with Gasteiger partial charge in [0.25, 0.3) is 17.7 Å². The van der Waals surface area contributed by atoms with Crippen LogP contribution in [0.5, 0.6) is 0 Å². The van der Waals surface area contributed by atoms with Crippen molar-refractivity contribution in [1.82, 2.24) is 15.1 Å². The molecule has 3 amide bonds. The van der Waals surface area contributed by atoms with Crippen LogP contribution in [-0.2, 0) is 15.8 Å². The minimum absolute atomic E-state index is 0.237. The van der Waals surface area contributed by atoms with Crippen molar-refractivity contribution in [1.29, 1.82) is 0 Å². The Morgan fingerprint density at radius 3 is 2.36 bits per heavy atom. The van der Waals surface area contributed by atoms with E-state index in [2.05, 4.69) is 17.2 Å². The fourth-order valence-electron chi connectivity index (χ4n) is 5.40. The van der Waals surface area contributed by atoms with Gasteiger partial charge in [0.15, 0.2) is 0 Å². The predicted octanol–water partition coefficient (Wildman–Crippen LogP) is 6.01. The number of anilines is 2. The lowest BCUT2D eigenvalue weighted by molar-refractivity contribution is -0.137. The van der Waals surface area contributed by atoms with Crippen molar-refractivity contribution < 1.29 is 27.6 Å². The van der Waals surface area contributed by atoms with Gasteiger partial charge in [-0.15, -0.1) is 0 Å². The lowest BCUT2D eigenvalue weighted by atomic mass is 9.81. The van der Waals surface area contributed by atoms with Gasteiger partial charge >= 0.3 is 6.18 Å². The van der Waals surface area contributed by atoms with Crippen LogP contribution in [0, 0.1) is 6.92 Å². The first-order chi connectivity index (χ1) is 20.9. The molecule has 8 nitrogen and oxygen atoms in total. The molecule has 0 unspecified atom stereocenters. The number of carbonyl (C=O) groups excluding carboxylic acids is 3. The topological polar surface area (TPSA) is 96.3 Å². The molecule has 5 rings (SSSR count). The number of aryl methyl sites for hydroxylation is 1. The monoisotopic (exact) mass is 601 g/mol. The Kier molecular flexibility index (Phi) is 8.14. The molecule has 44 heavy (non-hydrogen) atoms. The summed E-state index contributed by atoms with van der Waals surface area (Å²) in [5, 5.41) is 10.3. The van der Waals surface area contributed by atoms with Crippen LogP contribution in [0.15, 0.2) is 91.0 Å². The van der Waals surface area contributed by atoms with Crippen molar-refractivity contribution in [3.63, 3.8) is 0 Å². The highest BCUT2D eigenvalue weighted by Crippen LogP contribution is 2.44. The normalized spacial score (nSPS) is 16.3. The van der Waals surface area contributed by atoms with Crippen LogP contribution in [0.2, 0.25) is 0 Å². The van der Waals surface area contributed by atoms with Crippen molar-refractivity contribution >= 4 is 29.2 Å². The second-order valence-electron chi connectivity index (χ2n) is 10.5. The summed E-state index contributed by atoms with van der Waals surface area (Å²) in [4.78, 5) is 41.6. The molecule has 0 bridgehead atoms. The average molecular weight is 602 g/mol. The highest BCUT2D eigenvalue weighted by atomic mass is 19.4. The highest BCUT2D eigenvalue weighted by molar-refractivity contribution is 6.06. The van der Waals surface area contributed by atoms with Crippen molar-refractivity contribution in [3.05, 3.63) is 119 Å². The molecule has 2 atom stereocenters. The molecule has 4 aromatic rings. The number of hydrogen-bond acceptors (Lipinski definition) is 4. The second-order valence-corrected chi connectivity index (χ2v) is 10.5. The Bertz CT molecular complexity index is 1760. The zero-order valence-electron chi connectivity index (χ0n) is 24.3. The number of aromatic nitrogens is 2. The van der Waals surface area contributed by atoms with Crippen molar-refractivity contribution in [2.24, 2.45) is 0 Å². The molecular formula is C33H30F3N5O3. The van der Waals surface area contributed by atoms with Gasteiger partial charge in [0.2, 0.25) is 0 Å². The Balaban J connectivity index is 1.66. The highest BCUT2D eigenvalue weighted by Gasteiger charge is 2.45. The van der Waals surface area contributed by atoms with E-state index in [0.29, 0.717) is 33.9 Å². The minimum atomic E-state index is -4.65. The number of nitrogens with one attached hydrogen (secondary N) is 2. The van der Waals surface area contributed by atoms with E-state index in [4.69, 9.17) is 5.10 Å². The van der Waals surface area contributed by atoms with E-state index in [-0.39, 0.29) is 18.0 Å². The fraction of sp³-hybridized carbons (Fsp3) is 0.212. The summed E-state index contributed by atoms with van der Waals surface area (Å²) in [5.41, 5.74) is 2.08. The number of carbonyl (C=O) groups is 3. The average Bonchev–Trinajstić information content (AvgIpc) is 3.34. The quantitative estimate of drug-likeness (QED) is 0.254. The smallest absolute Gasteiger partial charge is 0.339 e. The van der Waals surface area contributed by atoms with Gasteiger partial charge < -0.3 is 10.6 Å². The first kappa shape index (κ1) is 30.3. The van der Waals surface area contributed by atoms with Crippen molar-refractivity contribution in [2.75, 3.05) is 16.8 Å².